The summed E-state index contributed by atoms with van der Waals surface area (Å²) in [5, 5.41) is 7.22. The highest BCUT2D eigenvalue weighted by Crippen LogP contribution is 2.36. The fourth-order valence-electron chi connectivity index (χ4n) is 2.10. The maximum absolute atomic E-state index is 13.8. The van der Waals surface area contributed by atoms with Gasteiger partial charge in [-0.25, -0.2) is 4.39 Å². The van der Waals surface area contributed by atoms with Crippen LogP contribution in [0, 0.1) is 5.82 Å². The van der Waals surface area contributed by atoms with Gasteiger partial charge in [0.05, 0.1) is 5.69 Å². The molecule has 2 aromatic rings. The number of H-pyrrole nitrogens is 1. The zero-order chi connectivity index (χ0) is 11.8. The Hall–Kier alpha value is -1.16. The van der Waals surface area contributed by atoms with E-state index in [0.717, 1.165) is 10.2 Å². The largest absolute Gasteiger partial charge is 0.282 e. The maximum atomic E-state index is 13.8. The van der Waals surface area contributed by atoms with Gasteiger partial charge in [-0.1, -0.05) is 22.4 Å². The van der Waals surface area contributed by atoms with Gasteiger partial charge in [0.2, 0.25) is 0 Å². The van der Waals surface area contributed by atoms with Gasteiger partial charge in [-0.15, -0.1) is 0 Å². The molecule has 0 bridgehead atoms. The Kier molecular flexibility index (Phi) is 2.74. The van der Waals surface area contributed by atoms with E-state index in [2.05, 4.69) is 26.1 Å². The summed E-state index contributed by atoms with van der Waals surface area (Å²) in [6.07, 6.45) is 3.71. The number of benzene rings is 1. The van der Waals surface area contributed by atoms with Gasteiger partial charge in [0.15, 0.2) is 0 Å². The molecule has 0 radical (unpaired) electrons. The molecule has 1 aromatic heterocycles. The number of halogens is 2. The van der Waals surface area contributed by atoms with Gasteiger partial charge >= 0.3 is 0 Å². The summed E-state index contributed by atoms with van der Waals surface area (Å²) in [4.78, 5) is 0. The predicted molar refractivity (Wildman–Crippen MR) is 68.3 cm³/mol. The molecule has 1 heterocycles. The van der Waals surface area contributed by atoms with Gasteiger partial charge in [-0.05, 0) is 37.1 Å². The molecule has 1 N–H and O–H groups in total. The second-order valence-electron chi connectivity index (χ2n) is 4.46. The Balaban J connectivity index is 1.94. The highest BCUT2D eigenvalue weighted by Gasteiger charge is 2.22. The summed E-state index contributed by atoms with van der Waals surface area (Å²) in [6, 6.07) is 7.01. The van der Waals surface area contributed by atoms with Gasteiger partial charge in [0.25, 0.3) is 0 Å². The smallest absolute Gasteiger partial charge is 0.133 e. The fraction of sp³-hybridized carbons (Fsp3) is 0.308. The van der Waals surface area contributed by atoms with E-state index in [-0.39, 0.29) is 5.82 Å². The SMILES string of the molecule is Fc1cc(Br)ccc1-c1cc(C2CCC2)[nH]n1. The molecule has 4 heteroatoms. The van der Waals surface area contributed by atoms with Crippen LogP contribution in [0.3, 0.4) is 0 Å². The Morgan fingerprint density at radius 1 is 1.29 bits per heavy atom. The monoisotopic (exact) mass is 294 g/mol. The second kappa shape index (κ2) is 4.26. The molecular formula is C13H12BrFN2. The lowest BCUT2D eigenvalue weighted by atomic mass is 9.83. The van der Waals surface area contributed by atoms with Crippen molar-refractivity contribution in [3.63, 3.8) is 0 Å². The molecule has 1 aliphatic rings. The van der Waals surface area contributed by atoms with Crippen LogP contribution in [0.1, 0.15) is 30.9 Å². The van der Waals surface area contributed by atoms with Crippen molar-refractivity contribution in [3.05, 3.63) is 40.2 Å². The van der Waals surface area contributed by atoms with Crippen molar-refractivity contribution in [1.82, 2.24) is 10.2 Å². The van der Waals surface area contributed by atoms with E-state index >= 15 is 0 Å². The molecular weight excluding hydrogens is 283 g/mol. The topological polar surface area (TPSA) is 28.7 Å². The summed E-state index contributed by atoms with van der Waals surface area (Å²) in [5.41, 5.74) is 2.38. The molecule has 0 amide bonds. The lowest BCUT2D eigenvalue weighted by Gasteiger charge is -2.23. The fourth-order valence-corrected chi connectivity index (χ4v) is 2.43. The van der Waals surface area contributed by atoms with Crippen LogP contribution in [0.5, 0.6) is 0 Å². The molecule has 88 valence electrons. The third kappa shape index (κ3) is 2.02. The summed E-state index contributed by atoms with van der Waals surface area (Å²) in [6.45, 7) is 0. The molecule has 0 atom stereocenters. The maximum Gasteiger partial charge on any atom is 0.133 e. The molecule has 0 saturated heterocycles. The average Bonchev–Trinajstić information content (AvgIpc) is 2.64. The van der Waals surface area contributed by atoms with E-state index < -0.39 is 0 Å². The number of aromatic nitrogens is 2. The molecule has 1 saturated carbocycles. The summed E-state index contributed by atoms with van der Waals surface area (Å²) < 4.78 is 14.5. The Labute approximate surface area is 107 Å². The third-order valence-corrected chi connectivity index (χ3v) is 3.84. The van der Waals surface area contributed by atoms with Gasteiger partial charge in [0, 0.05) is 21.6 Å². The molecule has 0 spiro atoms. The zero-order valence-electron chi connectivity index (χ0n) is 9.21. The number of hydrogen-bond acceptors (Lipinski definition) is 1. The Morgan fingerprint density at radius 3 is 2.76 bits per heavy atom. The number of aromatic amines is 1. The van der Waals surface area contributed by atoms with Crippen LogP contribution in [0.4, 0.5) is 4.39 Å². The van der Waals surface area contributed by atoms with Crippen molar-refractivity contribution < 1.29 is 4.39 Å². The number of hydrogen-bond donors (Lipinski definition) is 1. The van der Waals surface area contributed by atoms with Crippen LogP contribution in [-0.4, -0.2) is 10.2 Å². The lowest BCUT2D eigenvalue weighted by Crippen LogP contribution is -2.08. The van der Waals surface area contributed by atoms with Gasteiger partial charge in [-0.2, -0.15) is 5.10 Å². The number of nitrogens with one attached hydrogen (secondary N) is 1. The predicted octanol–water partition coefficient (Wildman–Crippen LogP) is 4.25. The van der Waals surface area contributed by atoms with E-state index in [0.29, 0.717) is 17.2 Å². The minimum absolute atomic E-state index is 0.244. The van der Waals surface area contributed by atoms with Crippen molar-refractivity contribution in [1.29, 1.82) is 0 Å². The Morgan fingerprint density at radius 2 is 2.12 bits per heavy atom. The van der Waals surface area contributed by atoms with E-state index in [1.807, 2.05) is 12.1 Å². The highest BCUT2D eigenvalue weighted by atomic mass is 79.9. The molecule has 0 aliphatic heterocycles. The quantitative estimate of drug-likeness (QED) is 0.881. The van der Waals surface area contributed by atoms with Crippen LogP contribution in [0.25, 0.3) is 11.3 Å². The van der Waals surface area contributed by atoms with Gasteiger partial charge < -0.3 is 0 Å². The van der Waals surface area contributed by atoms with Crippen LogP contribution >= 0.6 is 15.9 Å². The molecule has 1 aromatic carbocycles. The van der Waals surface area contributed by atoms with Crippen LogP contribution in [0.2, 0.25) is 0 Å². The molecule has 3 rings (SSSR count). The Bertz CT molecular complexity index is 546. The first-order valence-corrected chi connectivity index (χ1v) is 6.54. The molecule has 2 nitrogen and oxygen atoms in total. The van der Waals surface area contributed by atoms with Crippen molar-refractivity contribution >= 4 is 15.9 Å². The molecule has 0 unspecified atom stereocenters. The minimum Gasteiger partial charge on any atom is -0.282 e. The van der Waals surface area contributed by atoms with Gasteiger partial charge in [-0.3, -0.25) is 5.10 Å². The summed E-state index contributed by atoms with van der Waals surface area (Å²) in [7, 11) is 0. The van der Waals surface area contributed by atoms with Crippen LogP contribution in [-0.2, 0) is 0 Å². The van der Waals surface area contributed by atoms with Crippen molar-refractivity contribution in [2.45, 2.75) is 25.2 Å². The van der Waals surface area contributed by atoms with Crippen molar-refractivity contribution in [2.75, 3.05) is 0 Å². The molecule has 1 fully saturated rings. The normalized spacial score (nSPS) is 15.9. The third-order valence-electron chi connectivity index (χ3n) is 3.35. The van der Waals surface area contributed by atoms with E-state index in [1.165, 1.54) is 25.3 Å². The first-order chi connectivity index (χ1) is 8.24. The van der Waals surface area contributed by atoms with Crippen molar-refractivity contribution in [2.24, 2.45) is 0 Å². The summed E-state index contributed by atoms with van der Waals surface area (Å²) >= 11 is 3.25. The first kappa shape index (κ1) is 11.0. The van der Waals surface area contributed by atoms with Crippen LogP contribution in [0.15, 0.2) is 28.7 Å². The zero-order valence-corrected chi connectivity index (χ0v) is 10.8. The average molecular weight is 295 g/mol. The van der Waals surface area contributed by atoms with Crippen molar-refractivity contribution in [3.8, 4) is 11.3 Å². The first-order valence-electron chi connectivity index (χ1n) is 5.75. The van der Waals surface area contributed by atoms with E-state index in [4.69, 9.17) is 0 Å². The standard InChI is InChI=1S/C13H12BrFN2/c14-9-4-5-10(11(15)6-9)13-7-12(16-17-13)8-2-1-3-8/h4-8H,1-3H2,(H,16,17). The summed E-state index contributed by atoms with van der Waals surface area (Å²) in [5.74, 6) is 0.348. The van der Waals surface area contributed by atoms with Crippen LogP contribution < -0.4 is 0 Å². The molecule has 17 heavy (non-hydrogen) atoms. The van der Waals surface area contributed by atoms with E-state index in [9.17, 15) is 4.39 Å². The van der Waals surface area contributed by atoms with E-state index in [1.54, 1.807) is 6.07 Å². The minimum atomic E-state index is -0.244. The van der Waals surface area contributed by atoms with Gasteiger partial charge in [0.1, 0.15) is 5.82 Å². The second-order valence-corrected chi connectivity index (χ2v) is 5.38. The number of rotatable bonds is 2. The lowest BCUT2D eigenvalue weighted by molar-refractivity contribution is 0.410. The highest BCUT2D eigenvalue weighted by molar-refractivity contribution is 9.10. The molecule has 1 aliphatic carbocycles. The number of nitrogens with zero attached hydrogens (tertiary/aromatic N) is 1.